The van der Waals surface area contributed by atoms with E-state index in [1.54, 1.807) is 18.6 Å². The highest BCUT2D eigenvalue weighted by atomic mass is 35.5. The van der Waals surface area contributed by atoms with Gasteiger partial charge in [0, 0.05) is 23.8 Å². The third kappa shape index (κ3) is 3.45. The van der Waals surface area contributed by atoms with Crippen LogP contribution in [0.3, 0.4) is 0 Å². The third-order valence-corrected chi connectivity index (χ3v) is 6.10. The van der Waals surface area contributed by atoms with Gasteiger partial charge in [-0.2, -0.15) is 0 Å². The minimum Gasteiger partial charge on any atom is -0.486 e. The molecular weight excluding hydrogens is 410 g/mol. The number of halogens is 1. The summed E-state index contributed by atoms with van der Waals surface area (Å²) in [6.45, 7) is 3.65. The van der Waals surface area contributed by atoms with Crippen LogP contribution in [0.15, 0.2) is 36.8 Å². The van der Waals surface area contributed by atoms with E-state index in [1.807, 2.05) is 25.1 Å². The van der Waals surface area contributed by atoms with Crippen LogP contribution in [0.5, 0.6) is 11.5 Å². The Morgan fingerprint density at radius 2 is 2.00 bits per heavy atom. The summed E-state index contributed by atoms with van der Waals surface area (Å²) in [6.07, 6.45) is 4.89. The topological polar surface area (TPSA) is 82.1 Å². The molecule has 0 fully saturated rings. The van der Waals surface area contributed by atoms with E-state index >= 15 is 0 Å². The van der Waals surface area contributed by atoms with Crippen molar-refractivity contribution in [3.8, 4) is 23.0 Å². The van der Waals surface area contributed by atoms with Crippen molar-refractivity contribution in [2.24, 2.45) is 0 Å². The first-order valence-electron chi connectivity index (χ1n) is 9.04. The molecule has 146 valence electrons. The Labute approximate surface area is 175 Å². The van der Waals surface area contributed by atoms with Crippen molar-refractivity contribution in [3.63, 3.8) is 0 Å². The minimum atomic E-state index is 0.508. The van der Waals surface area contributed by atoms with E-state index in [-0.39, 0.29) is 0 Å². The van der Waals surface area contributed by atoms with E-state index in [9.17, 15) is 0 Å². The zero-order valence-electron chi connectivity index (χ0n) is 15.5. The van der Waals surface area contributed by atoms with Crippen molar-refractivity contribution in [1.82, 2.24) is 19.9 Å². The van der Waals surface area contributed by atoms with E-state index in [1.165, 1.54) is 11.3 Å². The number of ether oxygens (including phenoxy) is 2. The molecule has 1 aliphatic heterocycles. The Balaban J connectivity index is 1.51. The molecule has 5 rings (SSSR count). The smallest absolute Gasteiger partial charge is 0.183 e. The highest BCUT2D eigenvalue weighted by molar-refractivity contribution is 7.19. The fourth-order valence-electron chi connectivity index (χ4n) is 3.12. The minimum absolute atomic E-state index is 0.508. The van der Waals surface area contributed by atoms with E-state index in [0.29, 0.717) is 42.1 Å². The Morgan fingerprint density at radius 3 is 2.83 bits per heavy atom. The molecule has 4 aromatic rings. The first kappa shape index (κ1) is 18.1. The number of hydrogen-bond acceptors (Lipinski definition) is 8. The van der Waals surface area contributed by atoms with Gasteiger partial charge in [0.1, 0.15) is 29.6 Å². The summed E-state index contributed by atoms with van der Waals surface area (Å²) in [5.41, 5.74) is 1.66. The summed E-state index contributed by atoms with van der Waals surface area (Å²) in [6, 6.07) is 5.90. The molecular formula is C20H16ClN5O2S. The van der Waals surface area contributed by atoms with E-state index < -0.39 is 0 Å². The lowest BCUT2D eigenvalue weighted by atomic mass is 10.2. The van der Waals surface area contributed by atoms with Gasteiger partial charge in [-0.15, -0.1) is 11.3 Å². The summed E-state index contributed by atoms with van der Waals surface area (Å²) >= 11 is 8.08. The Kier molecular flexibility index (Phi) is 4.65. The molecule has 0 bridgehead atoms. The quantitative estimate of drug-likeness (QED) is 0.515. The summed E-state index contributed by atoms with van der Waals surface area (Å²) in [5.74, 6) is 2.70. The maximum Gasteiger partial charge on any atom is 0.183 e. The second-order valence-electron chi connectivity index (χ2n) is 6.47. The normalized spacial score (nSPS) is 12.9. The van der Waals surface area contributed by atoms with Crippen molar-refractivity contribution in [1.29, 1.82) is 0 Å². The number of rotatable bonds is 4. The lowest BCUT2D eigenvalue weighted by Gasteiger charge is -2.19. The summed E-state index contributed by atoms with van der Waals surface area (Å²) in [5, 5.41) is 4.89. The predicted molar refractivity (Wildman–Crippen MR) is 113 cm³/mol. The number of thiophene rings is 1. The van der Waals surface area contributed by atoms with E-state index in [4.69, 9.17) is 21.1 Å². The molecule has 0 amide bonds. The SMILES string of the molecule is Cc1sc2nc(-c3cnccn3)nc(NCc3ccc4c(c3)OCCO4)c2c1Cl. The molecule has 4 heterocycles. The van der Waals surface area contributed by atoms with Crippen LogP contribution in [0.2, 0.25) is 5.02 Å². The number of nitrogens with zero attached hydrogens (tertiary/aromatic N) is 4. The van der Waals surface area contributed by atoms with Crippen LogP contribution >= 0.6 is 22.9 Å². The molecule has 7 nitrogen and oxygen atoms in total. The maximum atomic E-state index is 6.55. The highest BCUT2D eigenvalue weighted by Crippen LogP contribution is 2.39. The lowest BCUT2D eigenvalue weighted by molar-refractivity contribution is 0.171. The monoisotopic (exact) mass is 425 g/mol. The molecule has 1 aliphatic rings. The molecule has 0 aliphatic carbocycles. The number of benzene rings is 1. The van der Waals surface area contributed by atoms with Gasteiger partial charge >= 0.3 is 0 Å². The third-order valence-electron chi connectivity index (χ3n) is 4.51. The van der Waals surface area contributed by atoms with Gasteiger partial charge in [-0.05, 0) is 24.6 Å². The van der Waals surface area contributed by atoms with Crippen LogP contribution in [-0.2, 0) is 6.54 Å². The van der Waals surface area contributed by atoms with Crippen LogP contribution in [0, 0.1) is 6.92 Å². The van der Waals surface area contributed by atoms with Crippen LogP contribution in [0.4, 0.5) is 5.82 Å². The van der Waals surface area contributed by atoms with Gasteiger partial charge in [0.2, 0.25) is 0 Å². The number of anilines is 1. The number of nitrogens with one attached hydrogen (secondary N) is 1. The standard InChI is InChI=1S/C20H16ClN5O2S/c1-11-17(21)16-19(24-9-12-2-3-14-15(8-12)28-7-6-27-14)25-18(26-20(16)29-11)13-10-22-4-5-23-13/h2-5,8,10H,6-7,9H2,1H3,(H,24,25,26). The maximum absolute atomic E-state index is 6.55. The zero-order chi connectivity index (χ0) is 19.8. The van der Waals surface area contributed by atoms with Crippen molar-refractivity contribution in [2.45, 2.75) is 13.5 Å². The first-order valence-corrected chi connectivity index (χ1v) is 10.2. The predicted octanol–water partition coefficient (Wildman–Crippen LogP) is 4.49. The molecule has 0 atom stereocenters. The molecule has 0 saturated heterocycles. The van der Waals surface area contributed by atoms with Crippen molar-refractivity contribution in [2.75, 3.05) is 18.5 Å². The lowest BCUT2D eigenvalue weighted by Crippen LogP contribution is -2.15. The average Bonchev–Trinajstić information content (AvgIpc) is 3.06. The fraction of sp³-hybridized carbons (Fsp3) is 0.200. The summed E-state index contributed by atoms with van der Waals surface area (Å²) < 4.78 is 11.3. The van der Waals surface area contributed by atoms with Crippen molar-refractivity contribution >= 4 is 39.0 Å². The molecule has 3 aromatic heterocycles. The zero-order valence-corrected chi connectivity index (χ0v) is 17.0. The molecule has 0 unspecified atom stereocenters. The molecule has 1 aromatic carbocycles. The van der Waals surface area contributed by atoms with Gasteiger partial charge < -0.3 is 14.8 Å². The molecule has 29 heavy (non-hydrogen) atoms. The molecule has 9 heteroatoms. The van der Waals surface area contributed by atoms with Gasteiger partial charge in [-0.3, -0.25) is 4.98 Å². The van der Waals surface area contributed by atoms with Crippen LogP contribution in [-0.4, -0.2) is 33.1 Å². The van der Waals surface area contributed by atoms with E-state index in [0.717, 1.165) is 32.2 Å². The molecule has 0 radical (unpaired) electrons. The Morgan fingerprint density at radius 1 is 1.14 bits per heavy atom. The number of fused-ring (bicyclic) bond motifs is 2. The number of aromatic nitrogens is 4. The van der Waals surface area contributed by atoms with Gasteiger partial charge in [-0.1, -0.05) is 17.7 Å². The van der Waals surface area contributed by atoms with E-state index in [2.05, 4.69) is 25.3 Å². The average molecular weight is 426 g/mol. The highest BCUT2D eigenvalue weighted by Gasteiger charge is 2.18. The van der Waals surface area contributed by atoms with Gasteiger partial charge in [0.25, 0.3) is 0 Å². The number of aryl methyl sites for hydroxylation is 1. The second-order valence-corrected chi connectivity index (χ2v) is 8.05. The van der Waals surface area contributed by atoms with Crippen LogP contribution < -0.4 is 14.8 Å². The first-order chi connectivity index (χ1) is 14.2. The van der Waals surface area contributed by atoms with Gasteiger partial charge in [-0.25, -0.2) is 15.0 Å². The van der Waals surface area contributed by atoms with Gasteiger partial charge in [0.15, 0.2) is 17.3 Å². The van der Waals surface area contributed by atoms with Crippen molar-refractivity contribution in [3.05, 3.63) is 52.3 Å². The van der Waals surface area contributed by atoms with Gasteiger partial charge in [0.05, 0.1) is 16.6 Å². The van der Waals surface area contributed by atoms with Crippen LogP contribution in [0.1, 0.15) is 10.4 Å². The fourth-order valence-corrected chi connectivity index (χ4v) is 4.38. The Hall–Kier alpha value is -2.97. The number of hydrogen-bond donors (Lipinski definition) is 1. The summed E-state index contributed by atoms with van der Waals surface area (Å²) in [4.78, 5) is 19.6. The molecule has 0 spiro atoms. The molecule has 0 saturated carbocycles. The largest absolute Gasteiger partial charge is 0.486 e. The Bertz CT molecular complexity index is 1200. The summed E-state index contributed by atoms with van der Waals surface area (Å²) in [7, 11) is 0. The van der Waals surface area contributed by atoms with Crippen LogP contribution in [0.25, 0.3) is 21.7 Å². The van der Waals surface area contributed by atoms with Crippen molar-refractivity contribution < 1.29 is 9.47 Å². The molecule has 1 N–H and O–H groups in total. The second kappa shape index (κ2) is 7.46.